The monoisotopic (exact) mass is 257 g/mol. The van der Waals surface area contributed by atoms with Crippen molar-refractivity contribution in [3.05, 3.63) is 29.6 Å². The second-order valence-electron chi connectivity index (χ2n) is 3.45. The summed E-state index contributed by atoms with van der Waals surface area (Å²) in [7, 11) is 1.31. The first-order valence-electron chi connectivity index (χ1n) is 5.29. The highest BCUT2D eigenvalue weighted by atomic mass is 32.2. The van der Waals surface area contributed by atoms with Gasteiger partial charge in [-0.3, -0.25) is 0 Å². The third-order valence-corrected chi connectivity index (χ3v) is 2.92. The maximum atomic E-state index is 13.1. The topological polar surface area (TPSA) is 38.3 Å². The first-order valence-corrected chi connectivity index (χ1v) is 6.69. The van der Waals surface area contributed by atoms with Crippen molar-refractivity contribution < 1.29 is 13.9 Å². The second-order valence-corrected chi connectivity index (χ2v) is 4.44. The Bertz CT molecular complexity index is 385. The van der Waals surface area contributed by atoms with Crippen LogP contribution in [0, 0.1) is 5.82 Å². The Balaban J connectivity index is 2.73. The van der Waals surface area contributed by atoms with E-state index in [-0.39, 0.29) is 5.82 Å². The number of anilines is 1. The number of hydrogen-bond acceptors (Lipinski definition) is 4. The number of ether oxygens (including phenoxy) is 1. The highest BCUT2D eigenvalue weighted by Gasteiger charge is 2.12. The molecule has 0 saturated heterocycles. The molecule has 0 heterocycles. The Morgan fingerprint density at radius 2 is 2.29 bits per heavy atom. The zero-order valence-electron chi connectivity index (χ0n) is 9.96. The lowest BCUT2D eigenvalue weighted by molar-refractivity contribution is 0.0602. The molecule has 1 rings (SSSR count). The van der Waals surface area contributed by atoms with Gasteiger partial charge in [0.15, 0.2) is 0 Å². The smallest absolute Gasteiger partial charge is 0.339 e. The van der Waals surface area contributed by atoms with Gasteiger partial charge >= 0.3 is 5.97 Å². The molecule has 3 nitrogen and oxygen atoms in total. The zero-order valence-corrected chi connectivity index (χ0v) is 10.8. The summed E-state index contributed by atoms with van der Waals surface area (Å²) in [6.07, 6.45) is 2.99. The number of carbonyl (C=O) groups excluding carboxylic acids is 1. The van der Waals surface area contributed by atoms with E-state index in [4.69, 9.17) is 0 Å². The molecule has 0 fully saturated rings. The third kappa shape index (κ3) is 4.26. The fraction of sp³-hybridized carbons (Fsp3) is 0.417. The van der Waals surface area contributed by atoms with Gasteiger partial charge in [-0.2, -0.15) is 11.8 Å². The molecule has 0 aliphatic heterocycles. The van der Waals surface area contributed by atoms with Crippen LogP contribution in [-0.4, -0.2) is 31.6 Å². The predicted octanol–water partition coefficient (Wildman–Crippen LogP) is 2.78. The van der Waals surface area contributed by atoms with Gasteiger partial charge in [0.25, 0.3) is 0 Å². The van der Waals surface area contributed by atoms with Crippen molar-refractivity contribution in [3.8, 4) is 0 Å². The maximum Gasteiger partial charge on any atom is 0.339 e. The van der Waals surface area contributed by atoms with Gasteiger partial charge in [0.1, 0.15) is 5.82 Å². The summed E-state index contributed by atoms with van der Waals surface area (Å²) in [6.45, 7) is 0.703. The Morgan fingerprint density at radius 1 is 1.53 bits per heavy atom. The summed E-state index contributed by atoms with van der Waals surface area (Å²) in [5.74, 6) is 0.193. The van der Waals surface area contributed by atoms with E-state index >= 15 is 0 Å². The van der Waals surface area contributed by atoms with E-state index in [1.807, 2.05) is 6.26 Å². The Hall–Kier alpha value is -1.23. The van der Waals surface area contributed by atoms with E-state index in [0.29, 0.717) is 17.8 Å². The molecule has 1 N–H and O–H groups in total. The van der Waals surface area contributed by atoms with Crippen molar-refractivity contribution in [3.63, 3.8) is 0 Å². The molecule has 1 aromatic carbocycles. The van der Waals surface area contributed by atoms with Gasteiger partial charge in [-0.15, -0.1) is 0 Å². The standard InChI is InChI=1S/C12H16FNO2S/c1-16-12(15)10-5-4-9(13)8-11(10)14-6-3-7-17-2/h4-5,8,14H,3,6-7H2,1-2H3. The van der Waals surface area contributed by atoms with Crippen LogP contribution < -0.4 is 5.32 Å². The van der Waals surface area contributed by atoms with Crippen molar-refractivity contribution in [2.45, 2.75) is 6.42 Å². The van der Waals surface area contributed by atoms with E-state index in [0.717, 1.165) is 12.2 Å². The van der Waals surface area contributed by atoms with E-state index in [9.17, 15) is 9.18 Å². The molecule has 0 atom stereocenters. The molecule has 94 valence electrons. The van der Waals surface area contributed by atoms with Crippen LogP contribution in [0.25, 0.3) is 0 Å². The molecule has 0 amide bonds. The molecule has 0 aliphatic rings. The summed E-state index contributed by atoms with van der Waals surface area (Å²) >= 11 is 1.75. The lowest BCUT2D eigenvalue weighted by Gasteiger charge is -2.10. The highest BCUT2D eigenvalue weighted by molar-refractivity contribution is 7.98. The first kappa shape index (κ1) is 13.8. The predicted molar refractivity (Wildman–Crippen MR) is 69.2 cm³/mol. The highest BCUT2D eigenvalue weighted by Crippen LogP contribution is 2.18. The average molecular weight is 257 g/mol. The van der Waals surface area contributed by atoms with Crippen LogP contribution in [0.2, 0.25) is 0 Å². The van der Waals surface area contributed by atoms with Crippen LogP contribution in [0.4, 0.5) is 10.1 Å². The largest absolute Gasteiger partial charge is 0.465 e. The Labute approximate surface area is 105 Å². The number of hydrogen-bond donors (Lipinski definition) is 1. The van der Waals surface area contributed by atoms with Gasteiger partial charge in [-0.25, -0.2) is 9.18 Å². The second kappa shape index (κ2) is 7.17. The zero-order chi connectivity index (χ0) is 12.7. The SMILES string of the molecule is COC(=O)c1ccc(F)cc1NCCCSC. The molecule has 0 bridgehead atoms. The van der Waals surface area contributed by atoms with Crippen molar-refractivity contribution >= 4 is 23.4 Å². The molecule has 0 aromatic heterocycles. The summed E-state index contributed by atoms with van der Waals surface area (Å²) < 4.78 is 17.7. The number of thioether (sulfide) groups is 1. The molecule has 0 saturated carbocycles. The molecule has 0 aliphatic carbocycles. The van der Waals surface area contributed by atoms with Gasteiger partial charge in [-0.1, -0.05) is 0 Å². The van der Waals surface area contributed by atoms with E-state index in [1.165, 1.54) is 25.3 Å². The lowest BCUT2D eigenvalue weighted by atomic mass is 10.1. The van der Waals surface area contributed by atoms with Crippen molar-refractivity contribution in [1.29, 1.82) is 0 Å². The van der Waals surface area contributed by atoms with Gasteiger partial charge in [0.05, 0.1) is 18.4 Å². The average Bonchev–Trinajstić information content (AvgIpc) is 2.34. The van der Waals surface area contributed by atoms with E-state index in [2.05, 4.69) is 10.1 Å². The molecule has 0 radical (unpaired) electrons. The number of carbonyl (C=O) groups is 1. The minimum atomic E-state index is -0.461. The number of nitrogens with one attached hydrogen (secondary N) is 1. The van der Waals surface area contributed by atoms with E-state index in [1.54, 1.807) is 11.8 Å². The van der Waals surface area contributed by atoms with Crippen LogP contribution in [0.15, 0.2) is 18.2 Å². The number of methoxy groups -OCH3 is 1. The molecule has 17 heavy (non-hydrogen) atoms. The van der Waals surface area contributed by atoms with Gasteiger partial charge < -0.3 is 10.1 Å². The van der Waals surface area contributed by atoms with Crippen LogP contribution in [0.1, 0.15) is 16.8 Å². The number of rotatable bonds is 6. The molecule has 0 unspecified atom stereocenters. The minimum absolute atomic E-state index is 0.359. The third-order valence-electron chi connectivity index (χ3n) is 2.23. The van der Waals surface area contributed by atoms with Gasteiger partial charge in [0, 0.05) is 6.54 Å². The number of halogens is 1. The van der Waals surface area contributed by atoms with Crippen LogP contribution in [-0.2, 0) is 4.74 Å². The maximum absolute atomic E-state index is 13.1. The molecule has 0 spiro atoms. The van der Waals surface area contributed by atoms with Crippen LogP contribution >= 0.6 is 11.8 Å². The van der Waals surface area contributed by atoms with Crippen molar-refractivity contribution in [2.24, 2.45) is 0 Å². The van der Waals surface area contributed by atoms with Gasteiger partial charge in [-0.05, 0) is 36.6 Å². The summed E-state index contributed by atoms with van der Waals surface area (Å²) in [4.78, 5) is 11.4. The van der Waals surface area contributed by atoms with Gasteiger partial charge in [0.2, 0.25) is 0 Å². The molecule has 5 heteroatoms. The molecule has 1 aromatic rings. The Kier molecular flexibility index (Phi) is 5.83. The molecular formula is C12H16FNO2S. The number of benzene rings is 1. The number of esters is 1. The van der Waals surface area contributed by atoms with Crippen LogP contribution in [0.3, 0.4) is 0 Å². The normalized spacial score (nSPS) is 10.1. The quantitative estimate of drug-likeness (QED) is 0.628. The fourth-order valence-corrected chi connectivity index (χ4v) is 1.82. The summed E-state index contributed by atoms with van der Waals surface area (Å²) in [5, 5.41) is 3.05. The Morgan fingerprint density at radius 3 is 2.94 bits per heavy atom. The summed E-state index contributed by atoms with van der Waals surface area (Å²) in [6, 6.07) is 3.99. The first-order chi connectivity index (χ1) is 8.19. The van der Waals surface area contributed by atoms with Crippen molar-refractivity contribution in [2.75, 3.05) is 31.0 Å². The summed E-state index contributed by atoms with van der Waals surface area (Å²) in [5.41, 5.74) is 0.844. The van der Waals surface area contributed by atoms with Crippen LogP contribution in [0.5, 0.6) is 0 Å². The fourth-order valence-electron chi connectivity index (χ4n) is 1.39. The minimum Gasteiger partial charge on any atom is -0.465 e. The van der Waals surface area contributed by atoms with E-state index < -0.39 is 5.97 Å². The molecular weight excluding hydrogens is 241 g/mol. The lowest BCUT2D eigenvalue weighted by Crippen LogP contribution is -2.10. The van der Waals surface area contributed by atoms with Crippen molar-refractivity contribution in [1.82, 2.24) is 0 Å².